The molecule has 46 heavy (non-hydrogen) atoms. The fourth-order valence-electron chi connectivity index (χ4n) is 6.84. The summed E-state index contributed by atoms with van der Waals surface area (Å²) in [5.41, 5.74) is 1.94. The van der Waals surface area contributed by atoms with E-state index in [0.717, 1.165) is 56.1 Å². The molecule has 0 bridgehead atoms. The highest BCUT2D eigenvalue weighted by Gasteiger charge is 2.44. The van der Waals surface area contributed by atoms with E-state index in [4.69, 9.17) is 18.9 Å². The van der Waals surface area contributed by atoms with Crippen molar-refractivity contribution in [3.63, 3.8) is 0 Å². The molecule has 3 unspecified atom stereocenters. The third-order valence-corrected chi connectivity index (χ3v) is 9.53. The Morgan fingerprint density at radius 2 is 1.52 bits per heavy atom. The van der Waals surface area contributed by atoms with Crippen LogP contribution in [-0.4, -0.2) is 73.0 Å². The maximum Gasteiger partial charge on any atom is 0.410 e. The van der Waals surface area contributed by atoms with Crippen molar-refractivity contribution in [3.05, 3.63) is 71.8 Å². The van der Waals surface area contributed by atoms with Gasteiger partial charge in [0.05, 0.1) is 37.8 Å². The summed E-state index contributed by atoms with van der Waals surface area (Å²) < 4.78 is 23.2. The lowest BCUT2D eigenvalue weighted by Crippen LogP contribution is -2.51. The van der Waals surface area contributed by atoms with Crippen molar-refractivity contribution in [1.82, 2.24) is 10.2 Å². The largest absolute Gasteiger partial charge is 0.443 e. The van der Waals surface area contributed by atoms with Crippen LogP contribution in [0.3, 0.4) is 0 Å². The molecule has 2 N–H and O–H groups in total. The van der Waals surface area contributed by atoms with Crippen LogP contribution in [0.2, 0.25) is 0 Å². The van der Waals surface area contributed by atoms with Crippen LogP contribution < -0.4 is 5.32 Å². The second kappa shape index (κ2) is 18.3. The molecule has 3 aliphatic rings. The molecular formula is C37H52N2O7. The van der Waals surface area contributed by atoms with Gasteiger partial charge in [-0.15, -0.1) is 0 Å². The Balaban J connectivity index is 1.28. The highest BCUT2D eigenvalue weighted by atomic mass is 16.7. The molecule has 3 saturated heterocycles. The topological polar surface area (TPSA) is 107 Å². The number of benzene rings is 2. The molecule has 252 valence electrons. The third-order valence-electron chi connectivity index (χ3n) is 9.53. The highest BCUT2D eigenvalue weighted by Crippen LogP contribution is 2.33. The van der Waals surface area contributed by atoms with Gasteiger partial charge in [0.15, 0.2) is 6.29 Å². The van der Waals surface area contributed by atoms with Crippen LogP contribution in [0, 0.1) is 5.92 Å². The minimum atomic E-state index is -1.05. The number of nitrogens with zero attached hydrogens (tertiary/aromatic N) is 1. The summed E-state index contributed by atoms with van der Waals surface area (Å²) in [4.78, 5) is 28.6. The van der Waals surface area contributed by atoms with Gasteiger partial charge < -0.3 is 34.3 Å². The zero-order valence-electron chi connectivity index (χ0n) is 27.1. The van der Waals surface area contributed by atoms with Crippen molar-refractivity contribution >= 4 is 12.2 Å². The number of alkyl carbamates (subject to hydrolysis) is 1. The molecule has 3 heterocycles. The lowest BCUT2D eigenvalue weighted by Gasteiger charge is -2.31. The molecule has 0 saturated carbocycles. The number of carbonyl (C=O) groups excluding carboxylic acids is 2. The van der Waals surface area contributed by atoms with Crippen LogP contribution in [-0.2, 0) is 25.4 Å². The first-order valence-electron chi connectivity index (χ1n) is 17.5. The first-order chi connectivity index (χ1) is 22.6. The van der Waals surface area contributed by atoms with E-state index < -0.39 is 30.4 Å². The Labute approximate surface area is 273 Å². The average Bonchev–Trinajstić information content (AvgIpc) is 3.69. The molecule has 5 rings (SSSR count). The number of cyclic esters (lactones) is 1. The van der Waals surface area contributed by atoms with Crippen LogP contribution in [0.5, 0.6) is 0 Å². The predicted molar refractivity (Wildman–Crippen MR) is 175 cm³/mol. The first kappa shape index (κ1) is 34.2. The number of β-amino-alcohol motifs (C(OH)–C–C–N with tert-alkyl or cyclic N) is 1. The number of hydrogen-bond acceptors (Lipinski definition) is 7. The van der Waals surface area contributed by atoms with Crippen molar-refractivity contribution in [2.24, 2.45) is 5.92 Å². The number of rotatable bonds is 8. The van der Waals surface area contributed by atoms with E-state index in [1.807, 2.05) is 60.7 Å². The van der Waals surface area contributed by atoms with Crippen LogP contribution in [0.15, 0.2) is 60.7 Å². The number of carbonyl (C=O) groups is 2. The zero-order chi connectivity index (χ0) is 32.0. The minimum absolute atomic E-state index is 0.0140. The summed E-state index contributed by atoms with van der Waals surface area (Å²) in [5.74, 6) is 0.0140. The fraction of sp³-hybridized carbons (Fsp3) is 0.622. The Bertz CT molecular complexity index is 1180. The summed E-state index contributed by atoms with van der Waals surface area (Å²) >= 11 is 0. The Morgan fingerprint density at radius 1 is 0.870 bits per heavy atom. The van der Waals surface area contributed by atoms with E-state index in [1.165, 1.54) is 32.1 Å². The van der Waals surface area contributed by atoms with Crippen LogP contribution in [0.25, 0.3) is 0 Å². The van der Waals surface area contributed by atoms with Gasteiger partial charge in [0.1, 0.15) is 12.2 Å². The van der Waals surface area contributed by atoms with E-state index in [0.29, 0.717) is 19.6 Å². The van der Waals surface area contributed by atoms with Crippen molar-refractivity contribution in [3.8, 4) is 0 Å². The van der Waals surface area contributed by atoms with Crippen molar-refractivity contribution in [1.29, 1.82) is 0 Å². The summed E-state index contributed by atoms with van der Waals surface area (Å²) in [5, 5.41) is 14.6. The minimum Gasteiger partial charge on any atom is -0.443 e. The maximum absolute atomic E-state index is 13.8. The molecule has 2 aromatic rings. The summed E-state index contributed by atoms with van der Waals surface area (Å²) in [7, 11) is 0. The van der Waals surface area contributed by atoms with Crippen LogP contribution in [0.4, 0.5) is 9.59 Å². The average molecular weight is 637 g/mol. The molecule has 9 nitrogen and oxygen atoms in total. The van der Waals surface area contributed by atoms with Gasteiger partial charge in [0.25, 0.3) is 0 Å². The molecule has 2 amide bonds. The van der Waals surface area contributed by atoms with Gasteiger partial charge in [-0.25, -0.2) is 9.59 Å². The Kier molecular flexibility index (Phi) is 13.6. The second-order valence-corrected chi connectivity index (χ2v) is 13.0. The van der Waals surface area contributed by atoms with Crippen molar-refractivity contribution < 1.29 is 33.6 Å². The molecule has 6 atom stereocenters. The molecular weight excluding hydrogens is 584 g/mol. The monoisotopic (exact) mass is 636 g/mol. The van der Waals surface area contributed by atoms with Gasteiger partial charge in [0.2, 0.25) is 0 Å². The Morgan fingerprint density at radius 3 is 2.24 bits per heavy atom. The summed E-state index contributed by atoms with van der Waals surface area (Å²) in [6.07, 6.45) is 9.99. The lowest BCUT2D eigenvalue weighted by atomic mass is 10.0. The van der Waals surface area contributed by atoms with E-state index in [9.17, 15) is 14.7 Å². The van der Waals surface area contributed by atoms with E-state index >= 15 is 0 Å². The van der Waals surface area contributed by atoms with E-state index in [1.54, 1.807) is 4.90 Å². The van der Waals surface area contributed by atoms with Crippen LogP contribution >= 0.6 is 0 Å². The standard InChI is InChI=1S/C37H52N2O7/c40-32(31(25-28-17-11-9-12-18-28)38-36(41)45-34-27-44-35-30(34)22-24-43-35)26-39-23-16-8-6-4-2-1-3-5-7-15-21-33(46-37(39)42)29-19-13-10-14-20-29/h9-14,17-20,30-35,40H,1-8,15-16,21-27H2,(H,38,41)/t30-,31?,32?,33?,34-,35+/m0/s1. The maximum atomic E-state index is 13.8. The van der Waals surface area contributed by atoms with Gasteiger partial charge in [-0.05, 0) is 43.2 Å². The number of fused-ring (bicyclic) bond motifs is 1. The number of amides is 2. The smallest absolute Gasteiger partial charge is 0.410 e. The van der Waals surface area contributed by atoms with E-state index in [2.05, 4.69) is 5.32 Å². The van der Waals surface area contributed by atoms with Gasteiger partial charge >= 0.3 is 12.2 Å². The number of aliphatic hydroxyl groups excluding tert-OH is 1. The number of nitrogens with one attached hydrogen (secondary N) is 1. The molecule has 2 aromatic carbocycles. The van der Waals surface area contributed by atoms with Gasteiger partial charge in [-0.3, -0.25) is 0 Å². The molecule has 9 heteroatoms. The molecule has 0 radical (unpaired) electrons. The quantitative estimate of drug-likeness (QED) is 0.324. The van der Waals surface area contributed by atoms with Gasteiger partial charge in [-0.2, -0.15) is 0 Å². The molecule has 0 aliphatic carbocycles. The molecule has 0 aromatic heterocycles. The summed E-state index contributed by atoms with van der Waals surface area (Å²) in [6.45, 7) is 1.38. The fourth-order valence-corrected chi connectivity index (χ4v) is 6.84. The highest BCUT2D eigenvalue weighted by molar-refractivity contribution is 5.69. The summed E-state index contributed by atoms with van der Waals surface area (Å²) in [6, 6.07) is 19.0. The third kappa shape index (κ3) is 10.4. The zero-order valence-corrected chi connectivity index (χ0v) is 27.1. The normalized spacial score (nSPS) is 26.5. The van der Waals surface area contributed by atoms with Crippen molar-refractivity contribution in [2.45, 2.75) is 114 Å². The second-order valence-electron chi connectivity index (χ2n) is 13.0. The SMILES string of the molecule is O=C(NC(Cc1ccccc1)C(O)CN1CCCCCCCCCCCCC(c2ccccc2)OC1=O)O[C@H]1CO[C@H]2OCC[C@H]21. The van der Waals surface area contributed by atoms with E-state index in [-0.39, 0.29) is 31.5 Å². The molecule has 3 aliphatic heterocycles. The number of ether oxygens (including phenoxy) is 4. The van der Waals surface area contributed by atoms with Crippen LogP contribution in [0.1, 0.15) is 94.3 Å². The van der Waals surface area contributed by atoms with Gasteiger partial charge in [0, 0.05) is 6.54 Å². The predicted octanol–water partition coefficient (Wildman–Crippen LogP) is 6.93. The Hall–Kier alpha value is -3.14. The molecule has 3 fully saturated rings. The molecule has 0 spiro atoms. The number of aliphatic hydroxyl groups is 1. The van der Waals surface area contributed by atoms with Gasteiger partial charge in [-0.1, -0.05) is 112 Å². The van der Waals surface area contributed by atoms with Crippen molar-refractivity contribution in [2.75, 3.05) is 26.3 Å². The first-order valence-corrected chi connectivity index (χ1v) is 17.5. The number of hydrogen-bond donors (Lipinski definition) is 2. The lowest BCUT2D eigenvalue weighted by molar-refractivity contribution is -0.0907.